The fourth-order valence-corrected chi connectivity index (χ4v) is 3.95. The van der Waals surface area contributed by atoms with Crippen LogP contribution in [0.25, 0.3) is 10.1 Å². The fourth-order valence-electron chi connectivity index (χ4n) is 2.26. The number of amides is 1. The zero-order chi connectivity index (χ0) is 18.1. The molecule has 0 radical (unpaired) electrons. The maximum atomic E-state index is 12.6. The summed E-state index contributed by atoms with van der Waals surface area (Å²) in [7, 11) is 1.36. The highest BCUT2D eigenvalue weighted by Gasteiger charge is 2.20. The third-order valence-corrected chi connectivity index (χ3v) is 5.33. The summed E-state index contributed by atoms with van der Waals surface area (Å²) < 4.78 is 5.90. The number of benzene rings is 2. The maximum Gasteiger partial charge on any atom is 0.273 e. The Hall–Kier alpha value is -2.35. The third kappa shape index (κ3) is 3.39. The first kappa shape index (κ1) is 17.5. The molecule has 0 fully saturated rings. The van der Waals surface area contributed by atoms with Crippen molar-refractivity contribution in [3.8, 4) is 5.75 Å². The van der Waals surface area contributed by atoms with Gasteiger partial charge in [0.05, 0.1) is 28.8 Å². The number of methoxy groups -OCH3 is 1. The quantitative estimate of drug-likeness (QED) is 0.474. The van der Waals surface area contributed by atoms with Crippen LogP contribution in [-0.4, -0.2) is 17.9 Å². The summed E-state index contributed by atoms with van der Waals surface area (Å²) in [4.78, 5) is 23.2. The molecule has 0 saturated heterocycles. The number of fused-ring (bicyclic) bond motifs is 1. The highest BCUT2D eigenvalue weighted by Crippen LogP contribution is 2.38. The number of thiophene rings is 1. The molecule has 0 atom stereocenters. The predicted molar refractivity (Wildman–Crippen MR) is 99.4 cm³/mol. The lowest BCUT2D eigenvalue weighted by Crippen LogP contribution is -2.11. The van der Waals surface area contributed by atoms with Gasteiger partial charge in [0.15, 0.2) is 0 Å². The number of non-ortho nitro benzene ring substituents is 1. The minimum Gasteiger partial charge on any atom is -0.494 e. The number of nitrogens with one attached hydrogen (secondary N) is 1. The summed E-state index contributed by atoms with van der Waals surface area (Å²) >= 11 is 13.5. The molecule has 1 aromatic heterocycles. The van der Waals surface area contributed by atoms with Crippen molar-refractivity contribution in [2.45, 2.75) is 0 Å². The second-order valence-corrected chi connectivity index (χ2v) is 6.85. The van der Waals surface area contributed by atoms with Crippen LogP contribution in [0, 0.1) is 10.1 Å². The van der Waals surface area contributed by atoms with Crippen LogP contribution in [0.4, 0.5) is 11.4 Å². The summed E-state index contributed by atoms with van der Waals surface area (Å²) in [6, 6.07) is 9.11. The van der Waals surface area contributed by atoms with Gasteiger partial charge in [0.2, 0.25) is 0 Å². The van der Waals surface area contributed by atoms with Gasteiger partial charge in [0, 0.05) is 21.2 Å². The molecule has 0 aliphatic heterocycles. The van der Waals surface area contributed by atoms with E-state index >= 15 is 0 Å². The summed E-state index contributed by atoms with van der Waals surface area (Å²) in [5, 5.41) is 15.1. The topological polar surface area (TPSA) is 81.5 Å². The van der Waals surface area contributed by atoms with Crippen LogP contribution in [0.5, 0.6) is 5.75 Å². The van der Waals surface area contributed by atoms with Gasteiger partial charge < -0.3 is 10.1 Å². The van der Waals surface area contributed by atoms with Crippen molar-refractivity contribution >= 4 is 61.9 Å². The zero-order valence-electron chi connectivity index (χ0n) is 12.7. The van der Waals surface area contributed by atoms with E-state index < -0.39 is 10.8 Å². The number of nitro groups is 1. The normalized spacial score (nSPS) is 10.7. The summed E-state index contributed by atoms with van der Waals surface area (Å²) in [5.74, 6) is -0.252. The van der Waals surface area contributed by atoms with Crippen molar-refractivity contribution in [1.29, 1.82) is 0 Å². The zero-order valence-corrected chi connectivity index (χ0v) is 15.0. The van der Waals surface area contributed by atoms with Crippen molar-refractivity contribution in [3.05, 3.63) is 61.4 Å². The number of carbonyl (C=O) groups is 1. The molecular formula is C16H10Cl2N2O4S. The smallest absolute Gasteiger partial charge is 0.273 e. The largest absolute Gasteiger partial charge is 0.494 e. The molecule has 2 aromatic carbocycles. The van der Waals surface area contributed by atoms with Crippen molar-refractivity contribution in [1.82, 2.24) is 0 Å². The monoisotopic (exact) mass is 396 g/mol. The van der Waals surface area contributed by atoms with Crippen molar-refractivity contribution < 1.29 is 14.5 Å². The number of anilines is 1. The molecule has 9 heteroatoms. The van der Waals surface area contributed by atoms with Crippen LogP contribution in [0.1, 0.15) is 9.67 Å². The summed E-state index contributed by atoms with van der Waals surface area (Å²) in [6.45, 7) is 0. The van der Waals surface area contributed by atoms with E-state index in [0.29, 0.717) is 20.6 Å². The van der Waals surface area contributed by atoms with Gasteiger partial charge in [-0.1, -0.05) is 29.3 Å². The molecule has 0 aliphatic rings. The van der Waals surface area contributed by atoms with Gasteiger partial charge in [0.25, 0.3) is 11.6 Å². The lowest BCUT2D eigenvalue weighted by Gasteiger charge is -2.09. The van der Waals surface area contributed by atoms with E-state index in [0.717, 1.165) is 10.1 Å². The average Bonchev–Trinajstić information content (AvgIpc) is 2.91. The molecule has 1 amide bonds. The number of ether oxygens (including phenoxy) is 1. The van der Waals surface area contributed by atoms with Crippen LogP contribution in [0.15, 0.2) is 36.4 Å². The summed E-state index contributed by atoms with van der Waals surface area (Å²) in [5.41, 5.74) is 0.175. The average molecular weight is 397 g/mol. The first-order valence-corrected chi connectivity index (χ1v) is 8.49. The van der Waals surface area contributed by atoms with Crippen LogP contribution in [0.2, 0.25) is 10.0 Å². The Morgan fingerprint density at radius 1 is 1.24 bits per heavy atom. The first-order valence-electron chi connectivity index (χ1n) is 6.92. The number of hydrogen-bond acceptors (Lipinski definition) is 5. The fraction of sp³-hybridized carbons (Fsp3) is 0.0625. The van der Waals surface area contributed by atoms with Gasteiger partial charge in [-0.05, 0) is 18.2 Å². The van der Waals surface area contributed by atoms with E-state index in [-0.39, 0.29) is 11.4 Å². The van der Waals surface area contributed by atoms with Crippen molar-refractivity contribution in [3.63, 3.8) is 0 Å². The molecule has 3 aromatic rings. The molecule has 1 N–H and O–H groups in total. The van der Waals surface area contributed by atoms with E-state index in [1.165, 1.54) is 36.6 Å². The molecule has 25 heavy (non-hydrogen) atoms. The Balaban J connectivity index is 1.95. The number of hydrogen-bond donors (Lipinski definition) is 1. The Labute approximate surface area is 156 Å². The molecule has 1 heterocycles. The number of rotatable bonds is 4. The Bertz CT molecular complexity index is 1000. The first-order chi connectivity index (χ1) is 11.9. The Morgan fingerprint density at radius 3 is 2.68 bits per heavy atom. The molecule has 6 nitrogen and oxygen atoms in total. The molecular weight excluding hydrogens is 387 g/mol. The van der Waals surface area contributed by atoms with E-state index in [4.69, 9.17) is 27.9 Å². The van der Waals surface area contributed by atoms with Crippen LogP contribution in [-0.2, 0) is 0 Å². The standard InChI is InChI=1S/C16H10Cl2N2O4S/c1-24-12-7-9(20(22)23)3-5-11(12)19-16(21)15-14(18)10-4-2-8(17)6-13(10)25-15/h2-7H,1H3,(H,19,21). The number of halogens is 2. The minimum atomic E-state index is -0.541. The minimum absolute atomic E-state index is 0.135. The molecule has 0 aliphatic carbocycles. The second kappa shape index (κ2) is 6.87. The van der Waals surface area contributed by atoms with Gasteiger partial charge in [-0.3, -0.25) is 14.9 Å². The third-order valence-electron chi connectivity index (χ3n) is 3.44. The van der Waals surface area contributed by atoms with Crippen LogP contribution < -0.4 is 10.1 Å². The SMILES string of the molecule is COc1cc([N+](=O)[O-])ccc1NC(=O)c1sc2cc(Cl)ccc2c1Cl. The van der Waals surface area contributed by atoms with E-state index in [1.54, 1.807) is 18.2 Å². The van der Waals surface area contributed by atoms with E-state index in [1.807, 2.05) is 0 Å². The number of nitro benzene ring substituents is 1. The predicted octanol–water partition coefficient (Wildman–Crippen LogP) is 5.38. The van der Waals surface area contributed by atoms with Gasteiger partial charge in [-0.15, -0.1) is 11.3 Å². The van der Waals surface area contributed by atoms with Crippen molar-refractivity contribution in [2.75, 3.05) is 12.4 Å². The van der Waals surface area contributed by atoms with Crippen LogP contribution >= 0.6 is 34.5 Å². The van der Waals surface area contributed by atoms with Crippen LogP contribution in [0.3, 0.4) is 0 Å². The van der Waals surface area contributed by atoms with Gasteiger partial charge in [-0.25, -0.2) is 0 Å². The molecule has 3 rings (SSSR count). The van der Waals surface area contributed by atoms with Gasteiger partial charge in [0.1, 0.15) is 10.6 Å². The molecule has 0 unspecified atom stereocenters. The van der Waals surface area contributed by atoms with Gasteiger partial charge in [-0.2, -0.15) is 0 Å². The van der Waals surface area contributed by atoms with Crippen molar-refractivity contribution in [2.24, 2.45) is 0 Å². The molecule has 128 valence electrons. The summed E-state index contributed by atoms with van der Waals surface area (Å²) in [6.07, 6.45) is 0. The van der Waals surface area contributed by atoms with Gasteiger partial charge >= 0.3 is 0 Å². The Kier molecular flexibility index (Phi) is 4.80. The molecule has 0 spiro atoms. The molecule has 0 bridgehead atoms. The highest BCUT2D eigenvalue weighted by atomic mass is 35.5. The molecule has 0 saturated carbocycles. The Morgan fingerprint density at radius 2 is 2.00 bits per heavy atom. The van der Waals surface area contributed by atoms with E-state index in [9.17, 15) is 14.9 Å². The maximum absolute atomic E-state index is 12.6. The number of carbonyl (C=O) groups excluding carboxylic acids is 1. The lowest BCUT2D eigenvalue weighted by molar-refractivity contribution is -0.384. The lowest BCUT2D eigenvalue weighted by atomic mass is 10.2. The highest BCUT2D eigenvalue weighted by molar-refractivity contribution is 7.21. The van der Waals surface area contributed by atoms with E-state index in [2.05, 4.69) is 5.32 Å². The second-order valence-electron chi connectivity index (χ2n) is 4.98. The number of nitrogens with zero attached hydrogens (tertiary/aromatic N) is 1.